The molecule has 2 aliphatic rings. The number of amides is 2. The molecule has 1 aliphatic carbocycles. The number of nitrogens with one attached hydrogen (secondary N) is 1. The Bertz CT molecular complexity index is 1240. The van der Waals surface area contributed by atoms with Crippen molar-refractivity contribution in [3.63, 3.8) is 0 Å². The summed E-state index contributed by atoms with van der Waals surface area (Å²) in [4.78, 5) is 42.6. The van der Waals surface area contributed by atoms with Crippen LogP contribution in [0.2, 0.25) is 0 Å². The molecule has 2 unspecified atom stereocenters. The number of rotatable bonds is 5. The van der Waals surface area contributed by atoms with Gasteiger partial charge in [-0.25, -0.2) is 9.78 Å². The zero-order valence-electron chi connectivity index (χ0n) is 19.1. The Morgan fingerprint density at radius 1 is 1.09 bits per heavy atom. The number of carboxylic acid groups (broad SMARTS) is 1. The molecule has 0 saturated carbocycles. The smallest absolute Gasteiger partial charge is 0.413 e. The number of likely N-dealkylation sites (tertiary alicyclic amines) is 1. The molecule has 0 bridgehead atoms. The number of benzene rings is 2. The van der Waals surface area contributed by atoms with Crippen LogP contribution in [0.3, 0.4) is 0 Å². The lowest BCUT2D eigenvalue weighted by molar-refractivity contribution is -0.143. The number of hydrogen-bond acceptors (Lipinski definition) is 6. The number of aliphatic carboxylic acids is 1. The summed E-state index contributed by atoms with van der Waals surface area (Å²) in [6.07, 6.45) is 0.529. The van der Waals surface area contributed by atoms with Gasteiger partial charge in [-0.05, 0) is 42.0 Å². The van der Waals surface area contributed by atoms with E-state index in [0.29, 0.717) is 12.8 Å². The van der Waals surface area contributed by atoms with Crippen LogP contribution in [0.25, 0.3) is 11.1 Å². The second kappa shape index (κ2) is 9.50. The van der Waals surface area contributed by atoms with Crippen molar-refractivity contribution in [3.05, 3.63) is 70.7 Å². The summed E-state index contributed by atoms with van der Waals surface area (Å²) in [6.45, 7) is 2.24. The van der Waals surface area contributed by atoms with Crippen LogP contribution >= 0.6 is 11.3 Å². The number of carbonyl (C=O) groups excluding carboxylic acids is 2. The summed E-state index contributed by atoms with van der Waals surface area (Å²) in [5.74, 6) is -1.86. The predicted octanol–water partition coefficient (Wildman–Crippen LogP) is 4.83. The van der Waals surface area contributed by atoms with E-state index in [2.05, 4.69) is 34.6 Å². The molecule has 2 amide bonds. The van der Waals surface area contributed by atoms with Crippen LogP contribution in [-0.4, -0.2) is 52.2 Å². The lowest BCUT2D eigenvalue weighted by Crippen LogP contribution is -2.47. The van der Waals surface area contributed by atoms with E-state index in [1.165, 1.54) is 0 Å². The molecule has 180 valence electrons. The second-order valence-corrected chi connectivity index (χ2v) is 9.77. The molecule has 2 atom stereocenters. The van der Waals surface area contributed by atoms with Gasteiger partial charge in [0.1, 0.15) is 12.3 Å². The minimum Gasteiger partial charge on any atom is -0.481 e. The maximum absolute atomic E-state index is 12.9. The summed E-state index contributed by atoms with van der Waals surface area (Å²) >= 11 is 1.13. The normalized spacial score (nSPS) is 19.1. The molecule has 1 fully saturated rings. The highest BCUT2D eigenvalue weighted by Crippen LogP contribution is 2.44. The lowest BCUT2D eigenvalue weighted by Gasteiger charge is -2.36. The van der Waals surface area contributed by atoms with Gasteiger partial charge in [0.15, 0.2) is 5.13 Å². The summed E-state index contributed by atoms with van der Waals surface area (Å²) in [7, 11) is 0. The van der Waals surface area contributed by atoms with Gasteiger partial charge < -0.3 is 14.7 Å². The topological polar surface area (TPSA) is 109 Å². The summed E-state index contributed by atoms with van der Waals surface area (Å²) in [5.41, 5.74) is 4.73. The van der Waals surface area contributed by atoms with E-state index >= 15 is 0 Å². The van der Waals surface area contributed by atoms with Crippen LogP contribution in [0.5, 0.6) is 0 Å². The SMILES string of the molecule is CC1CCC(C(=O)O)CN1C(=O)c1csc(NC(=O)OCC2c3ccccc3-c3ccccc32)n1. The number of carbonyl (C=O) groups is 3. The first-order valence-electron chi connectivity index (χ1n) is 11.5. The number of ether oxygens (including phenoxy) is 1. The van der Waals surface area contributed by atoms with E-state index in [-0.39, 0.29) is 41.8 Å². The Kier molecular flexibility index (Phi) is 6.25. The van der Waals surface area contributed by atoms with Crippen LogP contribution in [0, 0.1) is 5.92 Å². The van der Waals surface area contributed by atoms with Crippen LogP contribution in [-0.2, 0) is 9.53 Å². The summed E-state index contributed by atoms with van der Waals surface area (Å²) < 4.78 is 5.54. The lowest BCUT2D eigenvalue weighted by atomic mass is 9.93. The van der Waals surface area contributed by atoms with E-state index in [0.717, 1.165) is 33.6 Å². The van der Waals surface area contributed by atoms with Crippen molar-refractivity contribution in [3.8, 4) is 11.1 Å². The van der Waals surface area contributed by atoms with E-state index < -0.39 is 18.0 Å². The van der Waals surface area contributed by atoms with Gasteiger partial charge in [-0.1, -0.05) is 48.5 Å². The van der Waals surface area contributed by atoms with Crippen LogP contribution < -0.4 is 5.32 Å². The molecule has 0 spiro atoms. The fraction of sp³-hybridized carbons (Fsp3) is 0.308. The second-order valence-electron chi connectivity index (χ2n) is 8.91. The molecule has 1 saturated heterocycles. The third kappa shape index (κ3) is 4.51. The van der Waals surface area contributed by atoms with Gasteiger partial charge in [-0.2, -0.15) is 0 Å². The van der Waals surface area contributed by atoms with E-state index in [1.54, 1.807) is 10.3 Å². The Morgan fingerprint density at radius 2 is 1.74 bits per heavy atom. The quantitative estimate of drug-likeness (QED) is 0.529. The average molecular weight is 492 g/mol. The zero-order chi connectivity index (χ0) is 24.5. The maximum Gasteiger partial charge on any atom is 0.413 e. The molecule has 1 aromatic heterocycles. The molecule has 0 radical (unpaired) electrons. The first kappa shape index (κ1) is 23.0. The minimum atomic E-state index is -0.898. The van der Waals surface area contributed by atoms with Crippen molar-refractivity contribution >= 4 is 34.4 Å². The van der Waals surface area contributed by atoms with Crippen molar-refractivity contribution in [2.24, 2.45) is 5.92 Å². The first-order chi connectivity index (χ1) is 16.9. The third-order valence-corrected chi connectivity index (χ3v) is 7.53. The van der Waals surface area contributed by atoms with Gasteiger partial charge in [-0.3, -0.25) is 14.9 Å². The van der Waals surface area contributed by atoms with Crippen molar-refractivity contribution in [2.75, 3.05) is 18.5 Å². The summed E-state index contributed by atoms with van der Waals surface area (Å²) in [6, 6.07) is 16.1. The number of nitrogens with zero attached hydrogens (tertiary/aromatic N) is 2. The Morgan fingerprint density at radius 3 is 2.40 bits per heavy atom. The first-order valence-corrected chi connectivity index (χ1v) is 12.4. The molecular formula is C26H25N3O5S. The van der Waals surface area contributed by atoms with E-state index in [1.807, 2.05) is 31.2 Å². The van der Waals surface area contributed by atoms with Crippen molar-refractivity contribution < 1.29 is 24.2 Å². The Balaban J connectivity index is 1.22. The molecule has 5 rings (SSSR count). The number of carboxylic acids is 1. The fourth-order valence-corrected chi connectivity index (χ4v) is 5.56. The highest BCUT2D eigenvalue weighted by atomic mass is 32.1. The predicted molar refractivity (Wildman–Crippen MR) is 132 cm³/mol. The number of anilines is 1. The molecule has 2 aromatic carbocycles. The van der Waals surface area contributed by atoms with Gasteiger partial charge in [0.25, 0.3) is 5.91 Å². The van der Waals surface area contributed by atoms with Gasteiger partial charge in [-0.15, -0.1) is 11.3 Å². The fourth-order valence-electron chi connectivity index (χ4n) is 4.89. The molecule has 2 heterocycles. The number of fused-ring (bicyclic) bond motifs is 3. The highest BCUT2D eigenvalue weighted by molar-refractivity contribution is 7.14. The molecule has 8 nitrogen and oxygen atoms in total. The van der Waals surface area contributed by atoms with Gasteiger partial charge >= 0.3 is 12.1 Å². The van der Waals surface area contributed by atoms with Gasteiger partial charge in [0.05, 0.1) is 5.92 Å². The molecule has 3 aromatic rings. The van der Waals surface area contributed by atoms with Gasteiger partial charge in [0.2, 0.25) is 0 Å². The van der Waals surface area contributed by atoms with Gasteiger partial charge in [0, 0.05) is 23.9 Å². The third-order valence-electron chi connectivity index (χ3n) is 6.77. The van der Waals surface area contributed by atoms with Crippen molar-refractivity contribution in [2.45, 2.75) is 31.7 Å². The monoisotopic (exact) mass is 491 g/mol. The minimum absolute atomic E-state index is 0.0515. The van der Waals surface area contributed by atoms with Crippen LogP contribution in [0.15, 0.2) is 53.9 Å². The highest BCUT2D eigenvalue weighted by Gasteiger charge is 2.34. The number of thiazole rings is 1. The number of piperidine rings is 1. The van der Waals surface area contributed by atoms with E-state index in [4.69, 9.17) is 4.74 Å². The summed E-state index contributed by atoms with van der Waals surface area (Å²) in [5, 5.41) is 13.8. The largest absolute Gasteiger partial charge is 0.481 e. The number of aromatic nitrogens is 1. The van der Waals surface area contributed by atoms with Crippen molar-refractivity contribution in [1.82, 2.24) is 9.88 Å². The average Bonchev–Trinajstić information content (AvgIpc) is 3.45. The van der Waals surface area contributed by atoms with Crippen LogP contribution in [0.1, 0.15) is 47.3 Å². The molecular weight excluding hydrogens is 466 g/mol. The molecule has 2 N–H and O–H groups in total. The number of hydrogen-bond donors (Lipinski definition) is 2. The Labute approximate surface area is 206 Å². The molecule has 9 heteroatoms. The Hall–Kier alpha value is -3.72. The molecule has 35 heavy (non-hydrogen) atoms. The van der Waals surface area contributed by atoms with Crippen LogP contribution in [0.4, 0.5) is 9.93 Å². The maximum atomic E-state index is 12.9. The standard InChI is InChI=1S/C26H25N3O5S/c1-15-10-11-16(24(31)32)12-29(15)23(30)22-14-35-25(27-22)28-26(33)34-13-21-19-8-4-2-6-17(19)18-7-3-5-9-20(18)21/h2-9,14-16,21H,10-13H2,1H3,(H,31,32)(H,27,28,33). The van der Waals surface area contributed by atoms with E-state index in [9.17, 15) is 19.5 Å². The molecule has 1 aliphatic heterocycles. The van der Waals surface area contributed by atoms with Crippen molar-refractivity contribution in [1.29, 1.82) is 0 Å². The zero-order valence-corrected chi connectivity index (χ0v) is 20.0.